The molecule has 0 fully saturated rings. The highest BCUT2D eigenvalue weighted by molar-refractivity contribution is 6.08. The molecule has 0 aromatic heterocycles. The van der Waals surface area contributed by atoms with Gasteiger partial charge in [-0.15, -0.1) is 0 Å². The summed E-state index contributed by atoms with van der Waals surface area (Å²) in [5, 5.41) is 14.6. The van der Waals surface area contributed by atoms with Crippen LogP contribution in [-0.4, -0.2) is 40.8 Å². The van der Waals surface area contributed by atoms with Gasteiger partial charge in [-0.05, 0) is 23.3 Å². The largest absolute Gasteiger partial charge is 0.480 e. The van der Waals surface area contributed by atoms with Crippen molar-refractivity contribution in [1.82, 2.24) is 10.6 Å². The molecule has 2 atom stereocenters. The van der Waals surface area contributed by atoms with E-state index in [1.54, 1.807) is 54.6 Å². The van der Waals surface area contributed by atoms with Crippen molar-refractivity contribution in [2.24, 2.45) is 0 Å². The zero-order valence-electron chi connectivity index (χ0n) is 19.0. The van der Waals surface area contributed by atoms with Crippen LogP contribution in [0, 0.1) is 5.82 Å². The van der Waals surface area contributed by atoms with Crippen molar-refractivity contribution in [1.29, 1.82) is 0 Å². The topological polar surface area (TPSA) is 113 Å². The minimum atomic E-state index is -1.28. The van der Waals surface area contributed by atoms with Gasteiger partial charge in [0, 0.05) is 30.9 Å². The molecule has 7 nitrogen and oxygen atoms in total. The number of amides is 2. The van der Waals surface area contributed by atoms with Gasteiger partial charge in [-0.25, -0.2) is 9.18 Å². The van der Waals surface area contributed by atoms with Gasteiger partial charge in [0.25, 0.3) is 0 Å². The zero-order valence-corrected chi connectivity index (χ0v) is 19.0. The Balaban J connectivity index is 1.70. The average molecular weight is 477 g/mol. The van der Waals surface area contributed by atoms with E-state index in [4.69, 9.17) is 0 Å². The lowest BCUT2D eigenvalue weighted by Crippen LogP contribution is -2.52. The summed E-state index contributed by atoms with van der Waals surface area (Å²) in [4.78, 5) is 48.9. The van der Waals surface area contributed by atoms with Crippen LogP contribution in [-0.2, 0) is 27.2 Å². The van der Waals surface area contributed by atoms with E-state index in [2.05, 4.69) is 10.6 Å². The highest BCUT2D eigenvalue weighted by Gasteiger charge is 2.26. The molecule has 0 aliphatic heterocycles. The van der Waals surface area contributed by atoms with Crippen LogP contribution in [0.2, 0.25) is 0 Å². The number of carboxylic acids is 1. The van der Waals surface area contributed by atoms with Gasteiger partial charge in [0.15, 0.2) is 5.78 Å². The molecule has 0 radical (unpaired) electrons. The molecule has 35 heavy (non-hydrogen) atoms. The van der Waals surface area contributed by atoms with Crippen molar-refractivity contribution in [3.63, 3.8) is 0 Å². The van der Waals surface area contributed by atoms with E-state index >= 15 is 0 Å². The summed E-state index contributed by atoms with van der Waals surface area (Å²) in [6.07, 6.45) is -0.0422. The van der Waals surface area contributed by atoms with Gasteiger partial charge in [-0.3, -0.25) is 14.4 Å². The minimum Gasteiger partial charge on any atom is -0.480 e. The number of carboxylic acid groups (broad SMARTS) is 1. The van der Waals surface area contributed by atoms with Gasteiger partial charge in [0.05, 0.1) is 0 Å². The Morgan fingerprint density at radius 1 is 0.771 bits per heavy atom. The quantitative estimate of drug-likeness (QED) is 0.390. The molecule has 0 saturated carbocycles. The van der Waals surface area contributed by atoms with Crippen LogP contribution in [0.4, 0.5) is 4.39 Å². The molecule has 0 bridgehead atoms. The first kappa shape index (κ1) is 25.3. The normalized spacial score (nSPS) is 12.3. The van der Waals surface area contributed by atoms with E-state index in [0.717, 1.165) is 0 Å². The van der Waals surface area contributed by atoms with Crippen LogP contribution in [0.3, 0.4) is 0 Å². The first-order valence-electron chi connectivity index (χ1n) is 11.0. The first-order valence-corrected chi connectivity index (χ1v) is 11.0. The van der Waals surface area contributed by atoms with Crippen LogP contribution in [0.5, 0.6) is 0 Å². The summed E-state index contributed by atoms with van der Waals surface area (Å²) < 4.78 is 13.5. The molecule has 0 aliphatic rings. The fourth-order valence-electron chi connectivity index (χ4n) is 3.61. The zero-order chi connectivity index (χ0) is 25.4. The number of rotatable bonds is 10. The Hall–Kier alpha value is -4.33. The third kappa shape index (κ3) is 7.33. The number of aliphatic carboxylic acids is 1. The van der Waals surface area contributed by atoms with E-state index in [-0.39, 0.29) is 18.6 Å². The highest BCUT2D eigenvalue weighted by atomic mass is 19.1. The number of benzene rings is 3. The number of carbonyl (C=O) groups excluding carboxylic acids is 3. The molecule has 0 unspecified atom stereocenters. The van der Waals surface area contributed by atoms with Crippen molar-refractivity contribution >= 4 is 23.6 Å². The standard InChI is InChI=1S/C27H25FN2O5/c1-17(31)29-23(16-19-6-5-9-22(28)14-19)26(33)30-24(27(34)35)15-18-10-12-21(13-11-18)25(32)20-7-3-2-4-8-20/h2-14,23-24H,15-16H2,1H3,(H,29,31)(H,30,33)(H,34,35)/t23-,24+/m0/s1. The second-order valence-corrected chi connectivity index (χ2v) is 8.08. The SMILES string of the molecule is CC(=O)N[C@@H](Cc1cccc(F)c1)C(=O)N[C@H](Cc1ccc(C(=O)c2ccccc2)cc1)C(=O)O. The number of carbonyl (C=O) groups is 4. The second-order valence-electron chi connectivity index (χ2n) is 8.08. The summed E-state index contributed by atoms with van der Waals surface area (Å²) in [5.74, 6) is -3.08. The molecule has 3 aromatic carbocycles. The number of nitrogens with one attached hydrogen (secondary N) is 2. The van der Waals surface area contributed by atoms with Crippen molar-refractivity contribution in [3.8, 4) is 0 Å². The van der Waals surface area contributed by atoms with Gasteiger partial charge in [0.2, 0.25) is 11.8 Å². The molecule has 0 aliphatic carbocycles. The predicted molar refractivity (Wildman–Crippen MR) is 127 cm³/mol. The summed E-state index contributed by atoms with van der Waals surface area (Å²) in [5.41, 5.74) is 2.07. The molecule has 3 aromatic rings. The summed E-state index contributed by atoms with van der Waals surface area (Å²) in [7, 11) is 0. The summed E-state index contributed by atoms with van der Waals surface area (Å²) in [6.45, 7) is 1.23. The molecule has 0 spiro atoms. The third-order valence-electron chi connectivity index (χ3n) is 5.33. The average Bonchev–Trinajstić information content (AvgIpc) is 2.83. The Labute approximate surface area is 202 Å². The Kier molecular flexibility index (Phi) is 8.45. The minimum absolute atomic E-state index is 0.00813. The molecule has 180 valence electrons. The van der Waals surface area contributed by atoms with Crippen LogP contribution < -0.4 is 10.6 Å². The molecule has 2 amide bonds. The smallest absolute Gasteiger partial charge is 0.326 e. The Morgan fingerprint density at radius 3 is 2.00 bits per heavy atom. The van der Waals surface area contributed by atoms with Crippen LogP contribution in [0.15, 0.2) is 78.9 Å². The first-order chi connectivity index (χ1) is 16.7. The van der Waals surface area contributed by atoms with Crippen molar-refractivity contribution in [2.45, 2.75) is 31.8 Å². The van der Waals surface area contributed by atoms with Crippen LogP contribution >= 0.6 is 0 Å². The second kappa shape index (κ2) is 11.7. The fraction of sp³-hybridized carbons (Fsp3) is 0.185. The maximum absolute atomic E-state index is 13.5. The van der Waals surface area contributed by atoms with E-state index in [1.165, 1.54) is 25.1 Å². The lowest BCUT2D eigenvalue weighted by molar-refractivity contribution is -0.142. The van der Waals surface area contributed by atoms with Crippen molar-refractivity contribution in [3.05, 3.63) is 107 Å². The van der Waals surface area contributed by atoms with Gasteiger partial charge in [0.1, 0.15) is 17.9 Å². The number of halogens is 1. The maximum atomic E-state index is 13.5. The van der Waals surface area contributed by atoms with Gasteiger partial charge in [-0.2, -0.15) is 0 Å². The van der Waals surface area contributed by atoms with Gasteiger partial charge < -0.3 is 15.7 Å². The lowest BCUT2D eigenvalue weighted by atomic mass is 9.99. The fourth-order valence-corrected chi connectivity index (χ4v) is 3.61. The van der Waals surface area contributed by atoms with E-state index in [9.17, 15) is 28.7 Å². The van der Waals surface area contributed by atoms with Crippen molar-refractivity contribution < 1.29 is 28.7 Å². The molecule has 8 heteroatoms. The monoisotopic (exact) mass is 476 g/mol. The summed E-state index contributed by atoms with van der Waals surface area (Å²) >= 11 is 0. The van der Waals surface area contributed by atoms with E-state index < -0.39 is 35.7 Å². The highest BCUT2D eigenvalue weighted by Crippen LogP contribution is 2.13. The van der Waals surface area contributed by atoms with Crippen LogP contribution in [0.1, 0.15) is 34.0 Å². The molecule has 3 N–H and O–H groups in total. The molecular weight excluding hydrogens is 451 g/mol. The molecular formula is C27H25FN2O5. The van der Waals surface area contributed by atoms with Gasteiger partial charge in [-0.1, -0.05) is 66.7 Å². The summed E-state index contributed by atoms with van der Waals surface area (Å²) in [6, 6.07) is 18.5. The number of hydrogen-bond donors (Lipinski definition) is 3. The Morgan fingerprint density at radius 2 is 1.40 bits per heavy atom. The third-order valence-corrected chi connectivity index (χ3v) is 5.33. The van der Waals surface area contributed by atoms with Crippen molar-refractivity contribution in [2.75, 3.05) is 0 Å². The number of ketones is 1. The number of hydrogen-bond acceptors (Lipinski definition) is 4. The van der Waals surface area contributed by atoms with Gasteiger partial charge >= 0.3 is 5.97 Å². The predicted octanol–water partition coefficient (Wildman–Crippen LogP) is 2.92. The lowest BCUT2D eigenvalue weighted by Gasteiger charge is -2.21. The molecule has 0 heterocycles. The molecule has 3 rings (SSSR count). The van der Waals surface area contributed by atoms with Crippen LogP contribution in [0.25, 0.3) is 0 Å². The molecule has 0 saturated heterocycles. The Bertz CT molecular complexity index is 1210. The maximum Gasteiger partial charge on any atom is 0.326 e. The van der Waals surface area contributed by atoms with E-state index in [1.807, 2.05) is 6.07 Å². The van der Waals surface area contributed by atoms with E-state index in [0.29, 0.717) is 22.3 Å².